The standard InChI is InChI=1S/C16H21NO.2ClH.Zr/c1-11-5-4-7-13(16(11)18)10-17-15-9-12-6-2-3-8-14(12)15;;;/h4-5,7,10,12,14-15,18H,2-3,6,8-9H2,1H3;2*1H;/q;;;+2/p-2. The molecule has 0 amide bonds. The normalized spacial score (nSPS) is 27.3. The van der Waals surface area contributed by atoms with E-state index in [1.165, 1.54) is 32.1 Å². The van der Waals surface area contributed by atoms with Crippen molar-refractivity contribution in [3.05, 3.63) is 29.3 Å². The molecule has 0 radical (unpaired) electrons. The number of halogens is 2. The molecule has 5 heteroatoms. The number of rotatable bonds is 2. The fourth-order valence-electron chi connectivity index (χ4n) is 3.46. The van der Waals surface area contributed by atoms with Crippen molar-refractivity contribution in [3.8, 4) is 5.75 Å². The fourth-order valence-corrected chi connectivity index (χ4v) is 3.46. The zero-order valence-electron chi connectivity index (χ0n) is 12.2. The fraction of sp³-hybridized carbons (Fsp3) is 0.562. The van der Waals surface area contributed by atoms with E-state index >= 15 is 0 Å². The Balaban J connectivity index is 0.000000497. The summed E-state index contributed by atoms with van der Waals surface area (Å²) >= 11 is -0.826. The van der Waals surface area contributed by atoms with E-state index in [9.17, 15) is 5.11 Å². The molecular formula is C16H21Cl2NOZr. The minimum atomic E-state index is -0.826. The number of phenolic OH excluding ortho intramolecular Hbond substituents is 1. The number of aryl methyl sites for hydroxylation is 1. The molecule has 2 nitrogen and oxygen atoms in total. The third kappa shape index (κ3) is 4.56. The first-order valence-corrected chi connectivity index (χ1v) is 13.8. The molecule has 0 bridgehead atoms. The van der Waals surface area contributed by atoms with Gasteiger partial charge in [-0.1, -0.05) is 31.4 Å². The first-order valence-electron chi connectivity index (χ1n) is 7.45. The van der Waals surface area contributed by atoms with Gasteiger partial charge in [0.15, 0.2) is 0 Å². The van der Waals surface area contributed by atoms with Gasteiger partial charge in [-0.3, -0.25) is 4.99 Å². The van der Waals surface area contributed by atoms with Gasteiger partial charge in [0.05, 0.1) is 6.04 Å². The van der Waals surface area contributed by atoms with E-state index in [0.717, 1.165) is 23.0 Å². The van der Waals surface area contributed by atoms with E-state index in [1.54, 1.807) is 0 Å². The Kier molecular flexibility index (Phi) is 7.25. The number of nitrogens with zero attached hydrogens (tertiary/aromatic N) is 1. The first-order chi connectivity index (χ1) is 10.2. The Morgan fingerprint density at radius 2 is 2.00 bits per heavy atom. The average molecular weight is 405 g/mol. The van der Waals surface area contributed by atoms with Crippen LogP contribution in [0.15, 0.2) is 23.2 Å². The first kappa shape index (κ1) is 17.5. The predicted molar refractivity (Wildman–Crippen MR) is 86.0 cm³/mol. The molecule has 1 aromatic carbocycles. The van der Waals surface area contributed by atoms with Crippen molar-refractivity contribution in [2.24, 2.45) is 16.8 Å². The van der Waals surface area contributed by atoms with Crippen LogP contribution in [0.4, 0.5) is 0 Å². The van der Waals surface area contributed by atoms with Crippen molar-refractivity contribution >= 4 is 23.2 Å². The second-order valence-electron chi connectivity index (χ2n) is 5.87. The Hall–Kier alpha value is 0.153. The zero-order chi connectivity index (χ0) is 15.2. The molecule has 114 valence electrons. The molecule has 2 aliphatic carbocycles. The van der Waals surface area contributed by atoms with Crippen molar-refractivity contribution < 1.29 is 26.0 Å². The molecule has 0 saturated heterocycles. The SMILES string of the molecule is Cc1cccc(C=NC2CC3CCCCC32)c1O.[Cl][Zr][Cl]. The van der Waals surface area contributed by atoms with Crippen LogP contribution in [0.1, 0.15) is 43.2 Å². The van der Waals surface area contributed by atoms with Gasteiger partial charge in [0.1, 0.15) is 5.75 Å². The molecule has 2 fully saturated rings. The van der Waals surface area contributed by atoms with E-state index in [0.29, 0.717) is 11.8 Å². The summed E-state index contributed by atoms with van der Waals surface area (Å²) < 4.78 is 0. The molecule has 3 rings (SSSR count). The number of para-hydroxylation sites is 1. The molecule has 3 unspecified atom stereocenters. The van der Waals surface area contributed by atoms with Crippen LogP contribution in [-0.2, 0) is 20.8 Å². The summed E-state index contributed by atoms with van der Waals surface area (Å²) in [7, 11) is 9.87. The molecule has 2 aliphatic rings. The number of hydrogen-bond donors (Lipinski definition) is 1. The molecule has 1 aromatic rings. The summed E-state index contributed by atoms with van der Waals surface area (Å²) in [6.45, 7) is 1.92. The van der Waals surface area contributed by atoms with Crippen molar-refractivity contribution in [1.29, 1.82) is 0 Å². The minimum absolute atomic E-state index is 0.376. The van der Waals surface area contributed by atoms with Gasteiger partial charge in [-0.2, -0.15) is 0 Å². The number of benzene rings is 1. The summed E-state index contributed by atoms with van der Waals surface area (Å²) in [4.78, 5) is 4.70. The molecule has 0 aliphatic heterocycles. The van der Waals surface area contributed by atoms with Gasteiger partial charge in [0, 0.05) is 11.8 Å². The summed E-state index contributed by atoms with van der Waals surface area (Å²) in [5.74, 6) is 2.13. The van der Waals surface area contributed by atoms with E-state index in [4.69, 9.17) is 22.0 Å². The Bertz CT molecular complexity index is 495. The number of aromatic hydroxyl groups is 1. The Morgan fingerprint density at radius 3 is 2.71 bits per heavy atom. The van der Waals surface area contributed by atoms with Crippen LogP contribution in [0.3, 0.4) is 0 Å². The van der Waals surface area contributed by atoms with Crippen molar-refractivity contribution in [2.45, 2.75) is 45.1 Å². The van der Waals surface area contributed by atoms with Gasteiger partial charge in [-0.05, 0) is 43.2 Å². The van der Waals surface area contributed by atoms with Gasteiger partial charge in [0.2, 0.25) is 0 Å². The van der Waals surface area contributed by atoms with Crippen molar-refractivity contribution in [2.75, 3.05) is 0 Å². The zero-order valence-corrected chi connectivity index (χ0v) is 16.2. The third-order valence-corrected chi connectivity index (χ3v) is 4.68. The van der Waals surface area contributed by atoms with Crippen LogP contribution >= 0.6 is 17.0 Å². The molecule has 21 heavy (non-hydrogen) atoms. The second-order valence-corrected chi connectivity index (χ2v) is 9.61. The molecular weight excluding hydrogens is 384 g/mol. The Labute approximate surface area is 145 Å². The van der Waals surface area contributed by atoms with Crippen molar-refractivity contribution in [3.63, 3.8) is 0 Å². The van der Waals surface area contributed by atoms with Crippen LogP contribution in [0.5, 0.6) is 5.75 Å². The van der Waals surface area contributed by atoms with Gasteiger partial charge in [0.25, 0.3) is 0 Å². The molecule has 0 spiro atoms. The van der Waals surface area contributed by atoms with E-state index in [-0.39, 0.29) is 0 Å². The van der Waals surface area contributed by atoms with Gasteiger partial charge < -0.3 is 5.11 Å². The van der Waals surface area contributed by atoms with Crippen LogP contribution in [-0.4, -0.2) is 17.4 Å². The number of hydrogen-bond acceptors (Lipinski definition) is 2. The quantitative estimate of drug-likeness (QED) is 0.684. The Morgan fingerprint density at radius 1 is 1.29 bits per heavy atom. The van der Waals surface area contributed by atoms with E-state index in [1.807, 2.05) is 31.3 Å². The van der Waals surface area contributed by atoms with Gasteiger partial charge >= 0.3 is 37.9 Å². The molecule has 1 N–H and O–H groups in total. The third-order valence-electron chi connectivity index (χ3n) is 4.68. The summed E-state index contributed by atoms with van der Waals surface area (Å²) in [5, 5.41) is 9.94. The van der Waals surface area contributed by atoms with E-state index in [2.05, 4.69) is 0 Å². The number of fused-ring (bicyclic) bond motifs is 1. The van der Waals surface area contributed by atoms with E-state index < -0.39 is 20.8 Å². The molecule has 0 aromatic heterocycles. The number of phenols is 1. The summed E-state index contributed by atoms with van der Waals surface area (Å²) in [6, 6.07) is 6.34. The molecule has 0 heterocycles. The van der Waals surface area contributed by atoms with Crippen LogP contribution < -0.4 is 0 Å². The average Bonchev–Trinajstić information content (AvgIpc) is 2.45. The maximum atomic E-state index is 9.94. The van der Waals surface area contributed by atoms with Gasteiger partial charge in [-0.15, -0.1) is 0 Å². The van der Waals surface area contributed by atoms with Crippen LogP contribution in [0, 0.1) is 18.8 Å². The van der Waals surface area contributed by atoms with Crippen LogP contribution in [0.25, 0.3) is 0 Å². The monoisotopic (exact) mass is 403 g/mol. The summed E-state index contributed by atoms with van der Waals surface area (Å²) in [6.07, 6.45) is 8.68. The predicted octanol–water partition coefficient (Wildman–Crippen LogP) is 5.07. The van der Waals surface area contributed by atoms with Gasteiger partial charge in [-0.25, -0.2) is 0 Å². The molecule has 3 atom stereocenters. The topological polar surface area (TPSA) is 32.6 Å². The van der Waals surface area contributed by atoms with Crippen molar-refractivity contribution in [1.82, 2.24) is 0 Å². The second kappa shape index (κ2) is 8.70. The van der Waals surface area contributed by atoms with Crippen LogP contribution in [0.2, 0.25) is 0 Å². The molecule has 2 saturated carbocycles. The maximum absolute atomic E-state index is 9.94. The summed E-state index contributed by atoms with van der Waals surface area (Å²) in [5.41, 5.74) is 1.78. The number of aliphatic imine (C=N–C) groups is 1.